The fourth-order valence-corrected chi connectivity index (χ4v) is 0.526. The third-order valence-electron chi connectivity index (χ3n) is 1.48. The zero-order valence-electron chi connectivity index (χ0n) is 9.27. The molecule has 0 fully saturated rings. The van der Waals surface area contributed by atoms with Crippen LogP contribution in [-0.2, 0) is 9.59 Å². The van der Waals surface area contributed by atoms with E-state index in [1.54, 1.807) is 0 Å². The van der Waals surface area contributed by atoms with Crippen LogP contribution in [0, 0.1) is 0 Å². The number of rotatable bonds is 4. The van der Waals surface area contributed by atoms with Crippen molar-refractivity contribution >= 4 is 11.9 Å². The number of carbonyl (C=O) groups is 2. The summed E-state index contributed by atoms with van der Waals surface area (Å²) in [4.78, 5) is 19.0. The van der Waals surface area contributed by atoms with E-state index in [2.05, 4.69) is 0 Å². The third-order valence-corrected chi connectivity index (χ3v) is 1.48. The molecule has 11 heteroatoms. The zero-order valence-corrected chi connectivity index (χ0v) is 9.27. The average molecular weight is 302 g/mol. The van der Waals surface area contributed by atoms with E-state index in [0.717, 1.165) is 6.42 Å². The molecule has 0 aromatic carbocycles. The van der Waals surface area contributed by atoms with Crippen molar-refractivity contribution < 1.29 is 50.5 Å². The van der Waals surface area contributed by atoms with Gasteiger partial charge in [-0.2, -0.15) is 30.7 Å². The molecule has 0 atom stereocenters. The van der Waals surface area contributed by atoms with Crippen LogP contribution in [0.3, 0.4) is 0 Å². The molecule has 0 amide bonds. The molecule has 0 saturated heterocycles. The Balaban J connectivity index is 0. The molecule has 0 rings (SSSR count). The summed E-state index contributed by atoms with van der Waals surface area (Å²) in [5, 5.41) is 15.3. The maximum atomic E-state index is 11.8. The second kappa shape index (κ2) is 6.57. The first-order chi connectivity index (χ1) is 8.21. The van der Waals surface area contributed by atoms with Gasteiger partial charge in [0.25, 0.3) is 0 Å². The van der Waals surface area contributed by atoms with Crippen molar-refractivity contribution in [2.75, 3.05) is 0 Å². The van der Waals surface area contributed by atoms with Crippen molar-refractivity contribution in [1.82, 2.24) is 0 Å². The Morgan fingerprint density at radius 3 is 1.37 bits per heavy atom. The molecule has 0 unspecified atom stereocenters. The van der Waals surface area contributed by atoms with Crippen LogP contribution in [0.1, 0.15) is 19.8 Å². The van der Waals surface area contributed by atoms with Gasteiger partial charge in [0.1, 0.15) is 0 Å². The molecule has 19 heavy (non-hydrogen) atoms. The van der Waals surface area contributed by atoms with E-state index in [9.17, 15) is 40.3 Å². The Kier molecular flexibility index (Phi) is 6.84. The van der Waals surface area contributed by atoms with E-state index in [-0.39, 0.29) is 0 Å². The van der Waals surface area contributed by atoms with Gasteiger partial charge in [-0.1, -0.05) is 6.92 Å². The summed E-state index contributed by atoms with van der Waals surface area (Å²) < 4.78 is 80.5. The van der Waals surface area contributed by atoms with E-state index in [4.69, 9.17) is 10.2 Å². The lowest BCUT2D eigenvalue weighted by molar-refractivity contribution is -0.347. The highest BCUT2D eigenvalue weighted by atomic mass is 19.4. The zero-order chi connectivity index (χ0) is 16.1. The van der Waals surface area contributed by atoms with Gasteiger partial charge in [-0.05, 0) is 6.42 Å². The summed E-state index contributed by atoms with van der Waals surface area (Å²) in [7, 11) is 0. The maximum absolute atomic E-state index is 11.8. The van der Waals surface area contributed by atoms with Gasteiger partial charge in [0, 0.05) is 6.42 Å². The number of halogens is 7. The van der Waals surface area contributed by atoms with Gasteiger partial charge in [-0.15, -0.1) is 0 Å². The molecule has 0 spiro atoms. The highest BCUT2D eigenvalue weighted by Crippen LogP contribution is 2.46. The number of carboxylic acid groups (broad SMARTS) is 2. The fraction of sp³-hybridized carbons (Fsp3) is 0.750. The minimum Gasteiger partial charge on any atom is -0.481 e. The largest absolute Gasteiger partial charge is 0.481 e. The molecule has 0 aromatic heterocycles. The predicted molar refractivity (Wildman–Crippen MR) is 46.1 cm³/mol. The molecule has 0 aliphatic carbocycles. The van der Waals surface area contributed by atoms with Crippen molar-refractivity contribution in [2.24, 2.45) is 0 Å². The van der Waals surface area contributed by atoms with Crippen LogP contribution in [0.15, 0.2) is 0 Å². The van der Waals surface area contributed by atoms with E-state index >= 15 is 0 Å². The normalized spacial score (nSPS) is 12.4. The second-order valence-electron chi connectivity index (χ2n) is 3.10. The Labute approximate surface area is 101 Å². The quantitative estimate of drug-likeness (QED) is 0.783. The number of aliphatic carboxylic acids is 2. The molecule has 0 saturated carbocycles. The minimum absolute atomic E-state index is 0.292. The van der Waals surface area contributed by atoms with Crippen molar-refractivity contribution in [2.45, 2.75) is 37.8 Å². The summed E-state index contributed by atoms with van der Waals surface area (Å²) in [5.74, 6) is -17.0. The SMILES string of the molecule is CCCC(=O)O.O=C(O)C(F)(F)C(F)(F)C(F)(F)F. The number of hydrogen-bond acceptors (Lipinski definition) is 2. The summed E-state index contributed by atoms with van der Waals surface area (Å²) in [6, 6.07) is 0. The van der Waals surface area contributed by atoms with Crippen LogP contribution in [0.5, 0.6) is 0 Å². The first kappa shape index (κ1) is 19.8. The Morgan fingerprint density at radius 1 is 0.947 bits per heavy atom. The second-order valence-corrected chi connectivity index (χ2v) is 3.10. The Morgan fingerprint density at radius 2 is 1.32 bits per heavy atom. The van der Waals surface area contributed by atoms with Gasteiger partial charge < -0.3 is 10.2 Å². The molecule has 0 aromatic rings. The lowest BCUT2D eigenvalue weighted by atomic mass is 10.1. The molecule has 0 heterocycles. The van der Waals surface area contributed by atoms with Gasteiger partial charge in [-0.25, -0.2) is 4.79 Å². The van der Waals surface area contributed by atoms with Gasteiger partial charge in [0.05, 0.1) is 0 Å². The van der Waals surface area contributed by atoms with E-state index in [1.165, 1.54) is 0 Å². The van der Waals surface area contributed by atoms with Crippen LogP contribution >= 0.6 is 0 Å². The average Bonchev–Trinajstić information content (AvgIpc) is 2.15. The molecule has 114 valence electrons. The van der Waals surface area contributed by atoms with E-state index in [1.807, 2.05) is 6.92 Å². The van der Waals surface area contributed by atoms with Crippen LogP contribution < -0.4 is 0 Å². The number of alkyl halides is 7. The van der Waals surface area contributed by atoms with E-state index in [0.29, 0.717) is 6.42 Å². The van der Waals surface area contributed by atoms with E-state index < -0.39 is 30.0 Å². The van der Waals surface area contributed by atoms with Crippen LogP contribution in [0.4, 0.5) is 30.7 Å². The summed E-state index contributed by atoms with van der Waals surface area (Å²) >= 11 is 0. The molecular formula is C8H9F7O4. The third kappa shape index (κ3) is 5.30. The van der Waals surface area contributed by atoms with Crippen LogP contribution in [0.2, 0.25) is 0 Å². The monoisotopic (exact) mass is 302 g/mol. The van der Waals surface area contributed by atoms with Gasteiger partial charge in [-0.3, -0.25) is 4.79 Å². The maximum Gasteiger partial charge on any atom is 0.460 e. The first-order valence-electron chi connectivity index (χ1n) is 4.49. The summed E-state index contributed by atoms with van der Waals surface area (Å²) in [6.45, 7) is 1.84. The molecule has 0 aliphatic rings. The van der Waals surface area contributed by atoms with Gasteiger partial charge >= 0.3 is 30.0 Å². The molecule has 4 nitrogen and oxygen atoms in total. The highest BCUT2D eigenvalue weighted by Gasteiger charge is 2.76. The Hall–Kier alpha value is -1.55. The molecule has 0 radical (unpaired) electrons. The summed E-state index contributed by atoms with van der Waals surface area (Å²) in [5.41, 5.74) is 0. The summed E-state index contributed by atoms with van der Waals surface area (Å²) in [6.07, 6.45) is -5.58. The van der Waals surface area contributed by atoms with Gasteiger partial charge in [0.2, 0.25) is 0 Å². The molecular weight excluding hydrogens is 293 g/mol. The topological polar surface area (TPSA) is 74.6 Å². The fourth-order valence-electron chi connectivity index (χ4n) is 0.526. The standard InChI is InChI=1S/C4HF7O2.C4H8O2/c5-2(6,1(12)13)3(7,8)4(9,10)11;1-2-3-4(5)6/h(H,12,13);2-3H2,1H3,(H,5,6). The molecule has 0 aliphatic heterocycles. The minimum atomic E-state index is -6.60. The van der Waals surface area contributed by atoms with Crippen molar-refractivity contribution in [3.8, 4) is 0 Å². The lowest BCUT2D eigenvalue weighted by Crippen LogP contribution is -2.56. The predicted octanol–water partition coefficient (Wildman–Crippen LogP) is 2.78. The van der Waals surface area contributed by atoms with Gasteiger partial charge in [0.15, 0.2) is 0 Å². The Bertz CT molecular complexity index is 324. The number of carboxylic acids is 2. The molecule has 2 N–H and O–H groups in total. The highest BCUT2D eigenvalue weighted by molar-refractivity contribution is 5.76. The van der Waals surface area contributed by atoms with Crippen LogP contribution in [0.25, 0.3) is 0 Å². The smallest absolute Gasteiger partial charge is 0.460 e. The lowest BCUT2D eigenvalue weighted by Gasteiger charge is -2.24. The first-order valence-corrected chi connectivity index (χ1v) is 4.49. The van der Waals surface area contributed by atoms with Crippen molar-refractivity contribution in [3.63, 3.8) is 0 Å². The van der Waals surface area contributed by atoms with Crippen molar-refractivity contribution in [1.29, 1.82) is 0 Å². The molecule has 0 bridgehead atoms. The number of hydrogen-bond donors (Lipinski definition) is 2. The van der Waals surface area contributed by atoms with Crippen molar-refractivity contribution in [3.05, 3.63) is 0 Å². The van der Waals surface area contributed by atoms with Crippen LogP contribution in [-0.4, -0.2) is 40.2 Å².